The third-order valence-corrected chi connectivity index (χ3v) is 3.14. The molecule has 1 nitrogen and oxygen atoms in total. The largest absolute Gasteiger partial charge is 0.310 e. The molecule has 0 aromatic heterocycles. The van der Waals surface area contributed by atoms with E-state index in [9.17, 15) is 4.39 Å². The Labute approximate surface area is 111 Å². The number of nitrogens with one attached hydrogen (secondary N) is 1. The Morgan fingerprint density at radius 1 is 1.47 bits per heavy atom. The van der Waals surface area contributed by atoms with Crippen LogP contribution in [0.1, 0.15) is 38.3 Å². The monoisotopic (exact) mass is 297 g/mol. The maximum absolute atomic E-state index is 13.2. The number of hydrogen-bond donors (Lipinski definition) is 1. The van der Waals surface area contributed by atoms with Gasteiger partial charge in [0.25, 0.3) is 0 Å². The van der Waals surface area contributed by atoms with Crippen LogP contribution in [-0.2, 0) is 0 Å². The van der Waals surface area contributed by atoms with Gasteiger partial charge in [0.05, 0.1) is 4.47 Å². The average Bonchev–Trinajstić information content (AvgIpc) is 2.32. The van der Waals surface area contributed by atoms with Crippen LogP contribution in [0.15, 0.2) is 22.7 Å². The van der Waals surface area contributed by atoms with Gasteiger partial charge in [-0.3, -0.25) is 0 Å². The molecule has 0 fully saturated rings. The van der Waals surface area contributed by atoms with Gasteiger partial charge in [0.2, 0.25) is 0 Å². The zero-order valence-electron chi connectivity index (χ0n) is 10.2. The number of hydrogen-bond acceptors (Lipinski definition) is 1. The molecule has 0 saturated carbocycles. The summed E-state index contributed by atoms with van der Waals surface area (Å²) in [6, 6.07) is 5.39. The molecule has 1 aromatic carbocycles. The molecule has 0 spiro atoms. The van der Waals surface area contributed by atoms with E-state index in [2.05, 4.69) is 40.0 Å². The highest BCUT2D eigenvalue weighted by molar-refractivity contribution is 9.10. The fourth-order valence-electron chi connectivity index (χ4n) is 1.70. The summed E-state index contributed by atoms with van der Waals surface area (Å²) < 4.78 is 13.7. The van der Waals surface area contributed by atoms with Gasteiger partial charge in [0, 0.05) is 12.5 Å². The van der Waals surface area contributed by atoms with Crippen molar-refractivity contribution < 1.29 is 4.39 Å². The van der Waals surface area contributed by atoms with Crippen molar-refractivity contribution in [2.45, 2.75) is 32.7 Å². The van der Waals surface area contributed by atoms with Crippen molar-refractivity contribution in [2.75, 3.05) is 6.54 Å². The molecule has 0 amide bonds. The van der Waals surface area contributed by atoms with Crippen LogP contribution in [-0.4, -0.2) is 6.54 Å². The molecular weight excluding hydrogens is 281 g/mol. The van der Waals surface area contributed by atoms with Gasteiger partial charge in [-0.2, -0.15) is 0 Å². The molecule has 0 aliphatic carbocycles. The van der Waals surface area contributed by atoms with Crippen LogP contribution in [0.3, 0.4) is 0 Å². The molecule has 0 radical (unpaired) electrons. The van der Waals surface area contributed by atoms with Crippen molar-refractivity contribution in [1.29, 1.82) is 0 Å². The molecule has 0 aliphatic heterocycles. The Hall–Kier alpha value is -0.850. The molecule has 1 unspecified atom stereocenters. The lowest BCUT2D eigenvalue weighted by atomic mass is 10.0. The van der Waals surface area contributed by atoms with Gasteiger partial charge in [-0.1, -0.05) is 13.0 Å². The Kier molecular flexibility index (Phi) is 6.25. The van der Waals surface area contributed by atoms with Crippen LogP contribution >= 0.6 is 15.9 Å². The van der Waals surface area contributed by atoms with Gasteiger partial charge in [-0.15, -0.1) is 11.8 Å². The molecule has 3 heteroatoms. The van der Waals surface area contributed by atoms with Crippen molar-refractivity contribution in [3.63, 3.8) is 0 Å². The molecule has 1 N–H and O–H groups in total. The molecule has 1 aromatic rings. The zero-order valence-corrected chi connectivity index (χ0v) is 11.8. The summed E-state index contributed by atoms with van der Waals surface area (Å²) in [5, 5.41) is 3.39. The second kappa shape index (κ2) is 7.47. The molecule has 0 bridgehead atoms. The first-order valence-electron chi connectivity index (χ1n) is 5.77. The van der Waals surface area contributed by atoms with Crippen molar-refractivity contribution >= 4 is 15.9 Å². The molecule has 0 aliphatic rings. The molecule has 0 saturated heterocycles. The maximum atomic E-state index is 13.2. The van der Waals surface area contributed by atoms with E-state index in [-0.39, 0.29) is 11.9 Å². The van der Waals surface area contributed by atoms with Crippen LogP contribution in [0, 0.1) is 17.7 Å². The highest BCUT2D eigenvalue weighted by atomic mass is 79.9. The van der Waals surface area contributed by atoms with Crippen LogP contribution in [0.2, 0.25) is 0 Å². The van der Waals surface area contributed by atoms with Gasteiger partial charge >= 0.3 is 0 Å². The second-order valence-corrected chi connectivity index (χ2v) is 4.60. The summed E-state index contributed by atoms with van der Waals surface area (Å²) in [6.45, 7) is 4.80. The molecule has 17 heavy (non-hydrogen) atoms. The highest BCUT2D eigenvalue weighted by Crippen LogP contribution is 2.24. The average molecular weight is 298 g/mol. The minimum atomic E-state index is -0.225. The molecular formula is C14H17BrFN. The SMILES string of the molecule is CC#CCCC(NCC)c1ccc(F)c(Br)c1. The zero-order chi connectivity index (χ0) is 12.7. The van der Waals surface area contributed by atoms with E-state index < -0.39 is 0 Å². The highest BCUT2D eigenvalue weighted by Gasteiger charge is 2.11. The van der Waals surface area contributed by atoms with Crippen LogP contribution in [0.4, 0.5) is 4.39 Å². The third kappa shape index (κ3) is 4.49. The fraction of sp³-hybridized carbons (Fsp3) is 0.429. The number of benzene rings is 1. The molecule has 0 heterocycles. The standard InChI is InChI=1S/C14H17BrFN/c1-3-5-6-7-14(17-4-2)11-8-9-13(16)12(15)10-11/h8-10,14,17H,4,6-7H2,1-2H3. The maximum Gasteiger partial charge on any atom is 0.137 e. The van der Waals surface area contributed by atoms with E-state index in [1.165, 1.54) is 6.07 Å². The summed E-state index contributed by atoms with van der Waals surface area (Å²) in [6.07, 6.45) is 1.79. The third-order valence-electron chi connectivity index (χ3n) is 2.53. The van der Waals surface area contributed by atoms with Gasteiger partial charge in [0.1, 0.15) is 5.82 Å². The Bertz CT molecular complexity index is 420. The smallest absolute Gasteiger partial charge is 0.137 e. The van der Waals surface area contributed by atoms with E-state index in [0.717, 1.165) is 24.9 Å². The summed E-state index contributed by atoms with van der Waals surface area (Å²) >= 11 is 3.22. The fourth-order valence-corrected chi connectivity index (χ4v) is 2.10. The van der Waals surface area contributed by atoms with Gasteiger partial charge < -0.3 is 5.32 Å². The van der Waals surface area contributed by atoms with Crippen LogP contribution < -0.4 is 5.32 Å². The predicted molar refractivity (Wildman–Crippen MR) is 73.2 cm³/mol. The second-order valence-electron chi connectivity index (χ2n) is 3.75. The number of rotatable bonds is 5. The van der Waals surface area contributed by atoms with E-state index in [1.54, 1.807) is 0 Å². The topological polar surface area (TPSA) is 12.0 Å². The number of halogens is 2. The molecule has 1 atom stereocenters. The van der Waals surface area contributed by atoms with Crippen molar-refractivity contribution in [3.8, 4) is 11.8 Å². The first-order valence-corrected chi connectivity index (χ1v) is 6.56. The van der Waals surface area contributed by atoms with E-state index in [0.29, 0.717) is 4.47 Å². The minimum absolute atomic E-state index is 0.225. The lowest BCUT2D eigenvalue weighted by molar-refractivity contribution is 0.520. The Morgan fingerprint density at radius 3 is 2.82 bits per heavy atom. The Balaban J connectivity index is 2.79. The van der Waals surface area contributed by atoms with Crippen LogP contribution in [0.5, 0.6) is 0 Å². The van der Waals surface area contributed by atoms with Gasteiger partial charge in [-0.05, 0) is 53.5 Å². The molecule has 92 valence electrons. The van der Waals surface area contributed by atoms with E-state index >= 15 is 0 Å². The van der Waals surface area contributed by atoms with Crippen LogP contribution in [0.25, 0.3) is 0 Å². The Morgan fingerprint density at radius 2 is 2.24 bits per heavy atom. The van der Waals surface area contributed by atoms with Crippen molar-refractivity contribution in [3.05, 3.63) is 34.1 Å². The van der Waals surface area contributed by atoms with Crippen molar-refractivity contribution in [2.24, 2.45) is 0 Å². The summed E-state index contributed by atoms with van der Waals surface area (Å²) in [7, 11) is 0. The quantitative estimate of drug-likeness (QED) is 0.809. The van der Waals surface area contributed by atoms with Crippen molar-refractivity contribution in [1.82, 2.24) is 5.32 Å². The molecule has 1 rings (SSSR count). The summed E-state index contributed by atoms with van der Waals surface area (Å²) in [4.78, 5) is 0. The predicted octanol–water partition coefficient (Wildman–Crippen LogP) is 4.04. The van der Waals surface area contributed by atoms with E-state index in [4.69, 9.17) is 0 Å². The first kappa shape index (κ1) is 14.2. The minimum Gasteiger partial charge on any atom is -0.310 e. The van der Waals surface area contributed by atoms with E-state index in [1.807, 2.05) is 19.1 Å². The van der Waals surface area contributed by atoms with Gasteiger partial charge in [-0.25, -0.2) is 4.39 Å². The lowest BCUT2D eigenvalue weighted by Crippen LogP contribution is -2.20. The normalized spacial score (nSPS) is 11.8. The first-order chi connectivity index (χ1) is 8.19. The van der Waals surface area contributed by atoms with Gasteiger partial charge in [0.15, 0.2) is 0 Å². The summed E-state index contributed by atoms with van der Waals surface area (Å²) in [5.74, 6) is 5.72. The summed E-state index contributed by atoms with van der Waals surface area (Å²) in [5.41, 5.74) is 1.10. The lowest BCUT2D eigenvalue weighted by Gasteiger charge is -2.17.